The van der Waals surface area contributed by atoms with Gasteiger partial charge < -0.3 is 5.32 Å². The second-order valence-corrected chi connectivity index (χ2v) is 1.88. The number of alkyl halides is 2. The highest BCUT2D eigenvalue weighted by molar-refractivity contribution is 5.31. The fourth-order valence-corrected chi connectivity index (χ4v) is 0.578. The molecule has 0 unspecified atom stereocenters. The molecule has 0 bridgehead atoms. The van der Waals surface area contributed by atoms with Crippen molar-refractivity contribution in [1.29, 1.82) is 0 Å². The van der Waals surface area contributed by atoms with E-state index in [0.717, 1.165) is 0 Å². The maximum Gasteiger partial charge on any atom is 0.255 e. The summed E-state index contributed by atoms with van der Waals surface area (Å²) in [5, 5.41) is 9.48. The second kappa shape index (κ2) is 3.80. The summed E-state index contributed by atoms with van der Waals surface area (Å²) >= 11 is 0. The van der Waals surface area contributed by atoms with Crippen molar-refractivity contribution < 1.29 is 8.78 Å². The van der Waals surface area contributed by atoms with Gasteiger partial charge in [-0.05, 0) is 12.1 Å². The van der Waals surface area contributed by atoms with E-state index < -0.39 is 13.0 Å². The smallest absolute Gasteiger partial charge is 0.255 e. The topological polar surface area (TPSA) is 37.8 Å². The van der Waals surface area contributed by atoms with E-state index >= 15 is 0 Å². The molecule has 5 heteroatoms. The molecule has 0 aliphatic carbocycles. The van der Waals surface area contributed by atoms with Gasteiger partial charge in [0.2, 0.25) is 0 Å². The van der Waals surface area contributed by atoms with Crippen molar-refractivity contribution in [2.45, 2.75) is 6.43 Å². The first kappa shape index (κ1) is 7.84. The number of nitrogens with zero attached hydrogens (tertiary/aromatic N) is 2. The molecule has 0 atom stereocenters. The summed E-state index contributed by atoms with van der Waals surface area (Å²) in [6.45, 7) is -0.390. The quantitative estimate of drug-likeness (QED) is 0.718. The van der Waals surface area contributed by atoms with Gasteiger partial charge in [0.05, 0.1) is 6.54 Å². The van der Waals surface area contributed by atoms with E-state index in [1.807, 2.05) is 0 Å². The Labute approximate surface area is 62.4 Å². The molecule has 11 heavy (non-hydrogen) atoms. The molecular weight excluding hydrogens is 152 g/mol. The van der Waals surface area contributed by atoms with Gasteiger partial charge in [-0.2, -0.15) is 5.10 Å². The number of anilines is 1. The lowest BCUT2D eigenvalue weighted by molar-refractivity contribution is 0.163. The molecule has 0 amide bonds. The zero-order valence-electron chi connectivity index (χ0n) is 5.67. The molecule has 3 nitrogen and oxygen atoms in total. The van der Waals surface area contributed by atoms with Gasteiger partial charge in [0.1, 0.15) is 5.82 Å². The second-order valence-electron chi connectivity index (χ2n) is 1.88. The Morgan fingerprint density at radius 2 is 2.36 bits per heavy atom. The lowest BCUT2D eigenvalue weighted by Crippen LogP contribution is -2.11. The Balaban J connectivity index is 2.39. The van der Waals surface area contributed by atoms with Crippen LogP contribution in [0.25, 0.3) is 0 Å². The van der Waals surface area contributed by atoms with Crippen molar-refractivity contribution in [2.75, 3.05) is 11.9 Å². The summed E-state index contributed by atoms with van der Waals surface area (Å²) in [5.41, 5.74) is 0. The first-order valence-corrected chi connectivity index (χ1v) is 3.09. The average Bonchev–Trinajstić information content (AvgIpc) is 2.03. The summed E-state index contributed by atoms with van der Waals surface area (Å²) in [6, 6.07) is 3.20. The summed E-state index contributed by atoms with van der Waals surface area (Å²) in [6.07, 6.45) is -0.884. The molecule has 0 aliphatic rings. The minimum absolute atomic E-state index is 0.368. The number of nitrogens with one attached hydrogen (secondary N) is 1. The van der Waals surface area contributed by atoms with Gasteiger partial charge in [-0.25, -0.2) is 8.78 Å². The first-order chi connectivity index (χ1) is 5.29. The van der Waals surface area contributed by atoms with E-state index in [9.17, 15) is 8.78 Å². The molecule has 1 rings (SSSR count). The van der Waals surface area contributed by atoms with Crippen LogP contribution in [0.3, 0.4) is 0 Å². The summed E-state index contributed by atoms with van der Waals surface area (Å²) in [7, 11) is 0. The summed E-state index contributed by atoms with van der Waals surface area (Å²) in [4.78, 5) is 0. The summed E-state index contributed by atoms with van der Waals surface area (Å²) < 4.78 is 23.2. The third-order valence-corrected chi connectivity index (χ3v) is 1.01. The number of halogens is 2. The maximum absolute atomic E-state index is 11.6. The van der Waals surface area contributed by atoms with Gasteiger partial charge in [0.15, 0.2) is 0 Å². The molecule has 0 radical (unpaired) electrons. The van der Waals surface area contributed by atoms with E-state index in [1.54, 1.807) is 12.1 Å². The largest absolute Gasteiger partial charge is 0.363 e. The molecule has 60 valence electrons. The van der Waals surface area contributed by atoms with E-state index in [2.05, 4.69) is 15.5 Å². The van der Waals surface area contributed by atoms with Gasteiger partial charge in [0.25, 0.3) is 6.43 Å². The van der Waals surface area contributed by atoms with Crippen LogP contribution >= 0.6 is 0 Å². The van der Waals surface area contributed by atoms with Gasteiger partial charge in [0, 0.05) is 6.20 Å². The average molecular weight is 159 g/mol. The fraction of sp³-hybridized carbons (Fsp3) is 0.333. The minimum Gasteiger partial charge on any atom is -0.363 e. The van der Waals surface area contributed by atoms with Crippen molar-refractivity contribution in [2.24, 2.45) is 0 Å². The third-order valence-electron chi connectivity index (χ3n) is 1.01. The van der Waals surface area contributed by atoms with E-state index in [-0.39, 0.29) is 0 Å². The number of aromatic nitrogens is 2. The van der Waals surface area contributed by atoms with Crippen LogP contribution in [0.1, 0.15) is 0 Å². The fourth-order valence-electron chi connectivity index (χ4n) is 0.578. The molecule has 0 aromatic carbocycles. The Morgan fingerprint density at radius 3 is 2.91 bits per heavy atom. The molecule has 0 saturated carbocycles. The predicted molar refractivity (Wildman–Crippen MR) is 36.5 cm³/mol. The van der Waals surface area contributed by atoms with Crippen LogP contribution in [-0.2, 0) is 0 Å². The van der Waals surface area contributed by atoms with Crippen molar-refractivity contribution in [3.8, 4) is 0 Å². The van der Waals surface area contributed by atoms with Crippen LogP contribution in [-0.4, -0.2) is 23.2 Å². The highest BCUT2D eigenvalue weighted by atomic mass is 19.3. The Bertz CT molecular complexity index is 202. The highest BCUT2D eigenvalue weighted by Crippen LogP contribution is 1.99. The van der Waals surface area contributed by atoms with E-state index in [4.69, 9.17) is 0 Å². The van der Waals surface area contributed by atoms with E-state index in [0.29, 0.717) is 5.82 Å². The Kier molecular flexibility index (Phi) is 2.71. The van der Waals surface area contributed by atoms with Crippen molar-refractivity contribution in [1.82, 2.24) is 10.2 Å². The van der Waals surface area contributed by atoms with Crippen LogP contribution in [0, 0.1) is 0 Å². The normalized spacial score (nSPS) is 10.1. The monoisotopic (exact) mass is 159 g/mol. The van der Waals surface area contributed by atoms with Gasteiger partial charge >= 0.3 is 0 Å². The molecular formula is C6H7F2N3. The number of hydrogen-bond acceptors (Lipinski definition) is 3. The molecule has 0 aliphatic heterocycles. The maximum atomic E-state index is 11.6. The minimum atomic E-state index is -2.36. The third kappa shape index (κ3) is 2.88. The Morgan fingerprint density at radius 1 is 1.55 bits per heavy atom. The van der Waals surface area contributed by atoms with Crippen LogP contribution in [0.5, 0.6) is 0 Å². The van der Waals surface area contributed by atoms with Gasteiger partial charge in [-0.1, -0.05) is 0 Å². The van der Waals surface area contributed by atoms with E-state index in [1.165, 1.54) is 6.20 Å². The Hall–Kier alpha value is -1.26. The molecule has 0 spiro atoms. The molecule has 1 heterocycles. The van der Waals surface area contributed by atoms with Crippen molar-refractivity contribution >= 4 is 5.82 Å². The van der Waals surface area contributed by atoms with Gasteiger partial charge in [-0.3, -0.25) is 0 Å². The van der Waals surface area contributed by atoms with Crippen LogP contribution in [0.15, 0.2) is 18.3 Å². The zero-order chi connectivity index (χ0) is 8.10. The molecule has 1 aromatic rings. The lowest BCUT2D eigenvalue weighted by atomic mass is 10.5. The molecule has 0 fully saturated rings. The first-order valence-electron chi connectivity index (χ1n) is 3.09. The number of rotatable bonds is 3. The SMILES string of the molecule is FC(F)CNc1cccnn1. The molecule has 1 aromatic heterocycles. The zero-order valence-corrected chi connectivity index (χ0v) is 5.67. The number of hydrogen-bond donors (Lipinski definition) is 1. The van der Waals surface area contributed by atoms with Crippen LogP contribution in [0.4, 0.5) is 14.6 Å². The lowest BCUT2D eigenvalue weighted by Gasteiger charge is -2.01. The molecule has 0 saturated heterocycles. The van der Waals surface area contributed by atoms with Crippen LogP contribution < -0.4 is 5.32 Å². The van der Waals surface area contributed by atoms with Crippen LogP contribution in [0.2, 0.25) is 0 Å². The highest BCUT2D eigenvalue weighted by Gasteiger charge is 2.00. The predicted octanol–water partition coefficient (Wildman–Crippen LogP) is 1.15. The van der Waals surface area contributed by atoms with Crippen molar-refractivity contribution in [3.63, 3.8) is 0 Å². The standard InChI is InChI=1S/C6H7F2N3/c7-5(8)4-9-6-2-1-3-10-11-6/h1-3,5H,4H2,(H,9,11). The summed E-state index contributed by atoms with van der Waals surface area (Å²) in [5.74, 6) is 0.368. The molecule has 1 N–H and O–H groups in total. The van der Waals surface area contributed by atoms with Crippen molar-refractivity contribution in [3.05, 3.63) is 18.3 Å². The van der Waals surface area contributed by atoms with Gasteiger partial charge in [-0.15, -0.1) is 5.10 Å².